The molecule has 2 N–H and O–H groups in total. The van der Waals surface area contributed by atoms with Crippen molar-refractivity contribution in [1.29, 1.82) is 0 Å². The molecule has 1 aliphatic heterocycles. The maximum Gasteiger partial charge on any atom is 0.240 e. The van der Waals surface area contributed by atoms with E-state index in [0.717, 1.165) is 42.3 Å². The fraction of sp³-hybridized carbons (Fsp3) is 0.435. The van der Waals surface area contributed by atoms with E-state index >= 15 is 0 Å². The van der Waals surface area contributed by atoms with Crippen LogP contribution < -0.4 is 14.9 Å². The second-order valence-electron chi connectivity index (χ2n) is 8.29. The molecule has 2 aromatic rings. The van der Waals surface area contributed by atoms with Gasteiger partial charge in [0, 0.05) is 49.2 Å². The van der Waals surface area contributed by atoms with Gasteiger partial charge in [-0.25, -0.2) is 13.1 Å². The van der Waals surface area contributed by atoms with E-state index in [1.165, 1.54) is 17.8 Å². The second-order valence-corrected chi connectivity index (χ2v) is 10.9. The summed E-state index contributed by atoms with van der Waals surface area (Å²) >= 11 is 1.46. The number of rotatable bonds is 8. The average molecular weight is 477 g/mol. The maximum absolute atomic E-state index is 12.9. The van der Waals surface area contributed by atoms with E-state index in [0.29, 0.717) is 5.69 Å². The summed E-state index contributed by atoms with van der Waals surface area (Å²) in [5, 5.41) is 2.83. The molecular formula is C23H32N4O3S2. The van der Waals surface area contributed by atoms with Crippen molar-refractivity contribution in [1.82, 2.24) is 9.62 Å². The van der Waals surface area contributed by atoms with Gasteiger partial charge in [-0.05, 0) is 49.2 Å². The van der Waals surface area contributed by atoms with Crippen molar-refractivity contribution in [3.63, 3.8) is 0 Å². The van der Waals surface area contributed by atoms with Crippen LogP contribution in [0.15, 0.2) is 52.3 Å². The molecule has 32 heavy (non-hydrogen) atoms. The Morgan fingerprint density at radius 3 is 2.31 bits per heavy atom. The number of anilines is 2. The van der Waals surface area contributed by atoms with Gasteiger partial charge in [-0.1, -0.05) is 26.0 Å². The summed E-state index contributed by atoms with van der Waals surface area (Å²) in [4.78, 5) is 17.7. The third-order valence-electron chi connectivity index (χ3n) is 5.53. The Kier molecular flexibility index (Phi) is 8.21. The normalized spacial score (nSPS) is 15.2. The van der Waals surface area contributed by atoms with Crippen molar-refractivity contribution in [3.8, 4) is 0 Å². The first kappa shape index (κ1) is 24.6. The zero-order chi connectivity index (χ0) is 23.3. The molecule has 1 saturated heterocycles. The van der Waals surface area contributed by atoms with Crippen LogP contribution in [0.4, 0.5) is 11.4 Å². The van der Waals surface area contributed by atoms with E-state index in [1.54, 1.807) is 26.0 Å². The van der Waals surface area contributed by atoms with Crippen LogP contribution in [0.2, 0.25) is 0 Å². The molecule has 0 bridgehead atoms. The van der Waals surface area contributed by atoms with Gasteiger partial charge in [-0.2, -0.15) is 0 Å². The summed E-state index contributed by atoms with van der Waals surface area (Å²) in [5.41, 5.74) is 2.55. The molecule has 0 saturated carbocycles. The minimum atomic E-state index is -3.73. The average Bonchev–Trinajstić information content (AvgIpc) is 2.78. The van der Waals surface area contributed by atoms with E-state index in [4.69, 9.17) is 0 Å². The van der Waals surface area contributed by atoms with E-state index in [-0.39, 0.29) is 23.3 Å². The molecular weight excluding hydrogens is 444 g/mol. The van der Waals surface area contributed by atoms with E-state index in [2.05, 4.69) is 26.9 Å². The second kappa shape index (κ2) is 10.7. The Bertz CT molecular complexity index is 1030. The number of hydrogen-bond acceptors (Lipinski definition) is 6. The van der Waals surface area contributed by atoms with Crippen molar-refractivity contribution in [2.45, 2.75) is 30.2 Å². The molecule has 0 radical (unpaired) electrons. The standard InChI is InChI=1S/C23H32N4O3S2/c1-17(2)23(28)25-21-15-20(9-10-22(21)31-4)32(29,30)24-16-18-5-7-19(8-6-18)27-13-11-26(3)12-14-27/h5-10,15,17,24H,11-14,16H2,1-4H3,(H,25,28). The number of carbonyl (C=O) groups excluding carboxylic acids is 1. The molecule has 174 valence electrons. The van der Waals surface area contributed by atoms with Crippen LogP contribution in [-0.4, -0.2) is 58.7 Å². The van der Waals surface area contributed by atoms with Gasteiger partial charge in [-0.15, -0.1) is 11.8 Å². The van der Waals surface area contributed by atoms with Gasteiger partial charge in [0.25, 0.3) is 0 Å². The summed E-state index contributed by atoms with van der Waals surface area (Å²) in [6.07, 6.45) is 1.89. The van der Waals surface area contributed by atoms with Gasteiger partial charge in [0.1, 0.15) is 0 Å². The fourth-order valence-electron chi connectivity index (χ4n) is 3.38. The Morgan fingerprint density at radius 2 is 1.72 bits per heavy atom. The zero-order valence-corrected chi connectivity index (χ0v) is 20.7. The monoisotopic (exact) mass is 476 g/mol. The number of likely N-dealkylation sites (N-methyl/N-ethyl adjacent to an activating group) is 1. The molecule has 0 atom stereocenters. The molecule has 3 rings (SSSR count). The van der Waals surface area contributed by atoms with Crippen molar-refractivity contribution in [2.24, 2.45) is 5.92 Å². The molecule has 1 aliphatic rings. The van der Waals surface area contributed by atoms with Gasteiger partial charge in [0.2, 0.25) is 15.9 Å². The lowest BCUT2D eigenvalue weighted by molar-refractivity contribution is -0.118. The summed E-state index contributed by atoms with van der Waals surface area (Å²) in [5.74, 6) is -0.347. The molecule has 1 fully saturated rings. The summed E-state index contributed by atoms with van der Waals surface area (Å²) in [6.45, 7) is 7.85. The number of sulfonamides is 1. The fourth-order valence-corrected chi connectivity index (χ4v) is 4.96. The van der Waals surface area contributed by atoms with Crippen LogP contribution in [0, 0.1) is 5.92 Å². The molecule has 9 heteroatoms. The van der Waals surface area contributed by atoms with Crippen LogP contribution >= 0.6 is 11.8 Å². The van der Waals surface area contributed by atoms with Gasteiger partial charge >= 0.3 is 0 Å². The molecule has 1 heterocycles. The van der Waals surface area contributed by atoms with Crippen LogP contribution in [0.25, 0.3) is 0 Å². The quantitative estimate of drug-likeness (QED) is 0.570. The largest absolute Gasteiger partial charge is 0.369 e. The van der Waals surface area contributed by atoms with Crippen molar-refractivity contribution >= 4 is 39.1 Å². The van der Waals surface area contributed by atoms with Gasteiger partial charge in [0.05, 0.1) is 10.6 Å². The lowest BCUT2D eigenvalue weighted by Gasteiger charge is -2.34. The van der Waals surface area contributed by atoms with Crippen molar-refractivity contribution < 1.29 is 13.2 Å². The summed E-state index contributed by atoms with van der Waals surface area (Å²) < 4.78 is 28.4. The molecule has 0 aromatic heterocycles. The number of piperazine rings is 1. The first-order chi connectivity index (χ1) is 15.2. The van der Waals surface area contributed by atoms with E-state index in [9.17, 15) is 13.2 Å². The highest BCUT2D eigenvalue weighted by Gasteiger charge is 2.18. The predicted octanol–water partition coefficient (Wildman–Crippen LogP) is 3.23. The predicted molar refractivity (Wildman–Crippen MR) is 132 cm³/mol. The highest BCUT2D eigenvalue weighted by molar-refractivity contribution is 7.98. The lowest BCUT2D eigenvalue weighted by atomic mass is 10.2. The minimum absolute atomic E-state index is 0.128. The summed E-state index contributed by atoms with van der Waals surface area (Å²) in [7, 11) is -1.60. The zero-order valence-electron chi connectivity index (χ0n) is 19.1. The van der Waals surface area contributed by atoms with E-state index < -0.39 is 10.0 Å². The number of carbonyl (C=O) groups is 1. The Hall–Kier alpha value is -2.07. The SMILES string of the molecule is CSc1ccc(S(=O)(=O)NCc2ccc(N3CCN(C)CC3)cc2)cc1NC(=O)C(C)C. The highest BCUT2D eigenvalue weighted by atomic mass is 32.2. The van der Waals surface area contributed by atoms with Crippen LogP contribution in [-0.2, 0) is 21.4 Å². The van der Waals surface area contributed by atoms with Gasteiger partial charge in [-0.3, -0.25) is 4.79 Å². The van der Waals surface area contributed by atoms with Crippen LogP contribution in [0.1, 0.15) is 19.4 Å². The third kappa shape index (κ3) is 6.25. The lowest BCUT2D eigenvalue weighted by Crippen LogP contribution is -2.44. The van der Waals surface area contributed by atoms with Crippen LogP contribution in [0.3, 0.4) is 0 Å². The first-order valence-electron chi connectivity index (χ1n) is 10.7. The number of thioether (sulfide) groups is 1. The molecule has 0 unspecified atom stereocenters. The topological polar surface area (TPSA) is 81.8 Å². The van der Waals surface area contributed by atoms with Gasteiger partial charge in [0.15, 0.2) is 0 Å². The number of nitrogens with zero attached hydrogens (tertiary/aromatic N) is 2. The van der Waals surface area contributed by atoms with Crippen molar-refractivity contribution in [2.75, 3.05) is 49.7 Å². The Labute approximate surface area is 195 Å². The maximum atomic E-state index is 12.9. The molecule has 0 spiro atoms. The molecule has 2 aromatic carbocycles. The first-order valence-corrected chi connectivity index (χ1v) is 13.4. The van der Waals surface area contributed by atoms with Crippen LogP contribution in [0.5, 0.6) is 0 Å². The number of amides is 1. The molecule has 7 nitrogen and oxygen atoms in total. The number of nitrogens with one attached hydrogen (secondary N) is 2. The van der Waals surface area contributed by atoms with Gasteiger partial charge < -0.3 is 15.1 Å². The minimum Gasteiger partial charge on any atom is -0.369 e. The number of benzene rings is 2. The third-order valence-corrected chi connectivity index (χ3v) is 7.73. The smallest absolute Gasteiger partial charge is 0.240 e. The molecule has 1 amide bonds. The van der Waals surface area contributed by atoms with Crippen molar-refractivity contribution in [3.05, 3.63) is 48.0 Å². The van der Waals surface area contributed by atoms with E-state index in [1.807, 2.05) is 30.5 Å². The highest BCUT2D eigenvalue weighted by Crippen LogP contribution is 2.28. The molecule has 0 aliphatic carbocycles. The Morgan fingerprint density at radius 1 is 1.06 bits per heavy atom. The number of hydrogen-bond donors (Lipinski definition) is 2. The summed E-state index contributed by atoms with van der Waals surface area (Å²) in [6, 6.07) is 12.8. The Balaban J connectivity index is 1.67.